The minimum atomic E-state index is -1.23. The van der Waals surface area contributed by atoms with Gasteiger partial charge in [-0.3, -0.25) is 38.4 Å². The number of hydrogen-bond donors (Lipinski definition) is 8. The molecule has 0 heterocycles. The molecule has 8 bridgehead atoms. The molecule has 0 saturated carbocycles. The largest absolute Gasteiger partial charge is 0.493 e. The summed E-state index contributed by atoms with van der Waals surface area (Å²) >= 11 is 0. The molecule has 8 N–H and O–H groups in total. The van der Waals surface area contributed by atoms with Gasteiger partial charge in [0.05, 0.1) is 54.9 Å². The van der Waals surface area contributed by atoms with E-state index in [4.69, 9.17) is 37.9 Å². The maximum Gasteiger partial charge on any atom is 0.328 e. The van der Waals surface area contributed by atoms with Crippen LogP contribution < -0.4 is 61.5 Å². The maximum absolute atomic E-state index is 15.0. The van der Waals surface area contributed by atoms with E-state index >= 15 is 0 Å². The summed E-state index contributed by atoms with van der Waals surface area (Å²) in [6, 6.07) is 3.34. The predicted octanol–water partition coefficient (Wildman–Crippen LogP) is 4.70. The van der Waals surface area contributed by atoms with Gasteiger partial charge < -0.3 is 80.4 Å². The van der Waals surface area contributed by atoms with Crippen LogP contribution in [0, 0.1) is 0 Å². The zero-order valence-corrected chi connectivity index (χ0v) is 59.9. The Labute approximate surface area is 582 Å². The molecular weight excluding hydrogens is 1300 g/mol. The van der Waals surface area contributed by atoms with Crippen LogP contribution >= 0.6 is 0 Å². The number of hydrogen-bond acceptors (Lipinski definition) is 20. The third-order valence-electron chi connectivity index (χ3n) is 16.0. The van der Waals surface area contributed by atoms with E-state index in [1.165, 1.54) is 83.8 Å². The Kier molecular flexibility index (Phi) is 30.7. The number of fused-ring (bicyclic) bond motifs is 8. The van der Waals surface area contributed by atoms with E-state index in [0.29, 0.717) is 70.2 Å². The monoisotopic (exact) mass is 1390 g/mol. The highest BCUT2D eigenvalue weighted by Gasteiger charge is 2.32. The minimum absolute atomic E-state index is 0.0104. The fraction of sp³-hybridized carbons (Fsp3) is 0.500. The summed E-state index contributed by atoms with van der Waals surface area (Å²) in [5, 5.41) is 21.2. The zero-order valence-electron chi connectivity index (χ0n) is 59.9. The summed E-state index contributed by atoms with van der Waals surface area (Å²) in [5.74, 6) is -7.64. The first-order chi connectivity index (χ1) is 47.5. The number of carbonyl (C=O) groups is 12. The smallest absolute Gasteiger partial charge is 0.328 e. The molecule has 0 spiro atoms. The van der Waals surface area contributed by atoms with Crippen LogP contribution in [0.1, 0.15) is 195 Å². The van der Waals surface area contributed by atoms with Gasteiger partial charge in [0.15, 0.2) is 0 Å². The first kappa shape index (κ1) is 80.4. The number of benzene rings is 4. The summed E-state index contributed by atoms with van der Waals surface area (Å²) in [7, 11) is 4.67. The van der Waals surface area contributed by atoms with Gasteiger partial charge in [0.25, 0.3) is 23.6 Å². The molecule has 0 radical (unpaired) electrons. The molecule has 8 atom stereocenters. The molecule has 1 aliphatic carbocycles. The van der Waals surface area contributed by atoms with Crippen molar-refractivity contribution in [3.8, 4) is 23.0 Å². The van der Waals surface area contributed by atoms with Crippen LogP contribution in [0.3, 0.4) is 0 Å². The molecule has 0 saturated heterocycles. The van der Waals surface area contributed by atoms with Crippen molar-refractivity contribution in [1.82, 2.24) is 42.5 Å². The zero-order chi connectivity index (χ0) is 74.2. The summed E-state index contributed by atoms with van der Waals surface area (Å²) < 4.78 is 46.3. The lowest BCUT2D eigenvalue weighted by atomic mass is 9.88. The lowest BCUT2D eigenvalue weighted by Crippen LogP contribution is -2.49. The topological polar surface area (TPSA) is 375 Å². The Morgan fingerprint density at radius 2 is 0.440 bits per heavy atom. The quantitative estimate of drug-likeness (QED) is 0.0214. The van der Waals surface area contributed by atoms with Gasteiger partial charge in [0.2, 0.25) is 23.6 Å². The van der Waals surface area contributed by atoms with Crippen LogP contribution in [-0.4, -0.2) is 174 Å². The standard InChI is InChI=1S/C72H96N8O20/c1-17-21-97-57-45-25-47-31-54(66(86)74-38(6)62(82)78-42(10)70(90)94-14)33-49(58(47)98-22-18-2)27-51-35-56(68(88)76-40(8)64(84)80-44(12)72(92)96-16)36-52(60(51)100-24-20-4)28-50-34-55(67(87)75-39(7)63(83)79-43(11)71(91)95-15)32-48(59(50)99-23-19-3)26-46(57)30-53(29-45)65(85)73-37(5)61(81)77-41(9)69(89)93-13/h29-44H,17-28H2,1-16H3,(H,73,85)(H,74,86)(H,75,87)(H,76,88)(H,77,81)(H,78,82)(H,79,83)(H,80,84)/t37-,38-,39-,40-,41-,42-,43-,44-/m0/s1. The van der Waals surface area contributed by atoms with Gasteiger partial charge in [-0.2, -0.15) is 0 Å². The van der Waals surface area contributed by atoms with Crippen molar-refractivity contribution in [2.75, 3.05) is 54.9 Å². The molecule has 544 valence electrons. The summed E-state index contributed by atoms with van der Waals surface area (Å²) in [6.07, 6.45) is 1.30. The molecule has 5 rings (SSSR count). The minimum Gasteiger partial charge on any atom is -0.493 e. The highest BCUT2D eigenvalue weighted by Crippen LogP contribution is 2.41. The van der Waals surface area contributed by atoms with E-state index in [-0.39, 0.29) is 97.4 Å². The molecule has 28 nitrogen and oxygen atoms in total. The molecule has 0 unspecified atom stereocenters. The van der Waals surface area contributed by atoms with Crippen molar-refractivity contribution in [2.24, 2.45) is 0 Å². The number of rotatable bonds is 32. The molecule has 0 aliphatic heterocycles. The second kappa shape index (κ2) is 38.2. The van der Waals surface area contributed by atoms with Gasteiger partial charge in [-0.25, -0.2) is 19.2 Å². The molecule has 4 aromatic rings. The Balaban J connectivity index is 1.99. The van der Waals surface area contributed by atoms with Gasteiger partial charge in [0.1, 0.15) is 71.3 Å². The first-order valence-electron chi connectivity index (χ1n) is 33.4. The fourth-order valence-corrected chi connectivity index (χ4v) is 10.6. The van der Waals surface area contributed by atoms with Gasteiger partial charge in [-0.1, -0.05) is 27.7 Å². The average molecular weight is 1390 g/mol. The summed E-state index contributed by atoms with van der Waals surface area (Å²) in [5.41, 5.74) is 2.87. The van der Waals surface area contributed by atoms with Crippen LogP contribution in [0.5, 0.6) is 23.0 Å². The number of carbonyl (C=O) groups excluding carboxylic acids is 12. The molecule has 4 aromatic carbocycles. The predicted molar refractivity (Wildman–Crippen MR) is 366 cm³/mol. The third kappa shape index (κ3) is 21.9. The molecule has 0 fully saturated rings. The third-order valence-corrected chi connectivity index (χ3v) is 16.0. The molecule has 1 aliphatic rings. The number of amides is 8. The van der Waals surface area contributed by atoms with Gasteiger partial charge in [0, 0.05) is 47.9 Å². The highest BCUT2D eigenvalue weighted by atomic mass is 16.5. The van der Waals surface area contributed by atoms with Crippen LogP contribution in [-0.2, 0) is 83.0 Å². The number of methoxy groups -OCH3 is 4. The van der Waals surface area contributed by atoms with Crippen molar-refractivity contribution in [3.63, 3.8) is 0 Å². The lowest BCUT2D eigenvalue weighted by Gasteiger charge is -2.25. The summed E-state index contributed by atoms with van der Waals surface area (Å²) in [6.45, 7) is 19.5. The number of nitrogens with one attached hydrogen (secondary N) is 8. The van der Waals surface area contributed by atoms with E-state index in [1.807, 2.05) is 27.7 Å². The fourth-order valence-electron chi connectivity index (χ4n) is 10.6. The van der Waals surface area contributed by atoms with Gasteiger partial charge in [-0.15, -0.1) is 0 Å². The number of ether oxygens (including phenoxy) is 8. The Hall–Kier alpha value is -10.3. The molecule has 0 aromatic heterocycles. The Bertz CT molecular complexity index is 3120. The van der Waals surface area contributed by atoms with Crippen LogP contribution in [0.2, 0.25) is 0 Å². The SMILES string of the molecule is CCCOc1c2cc(C(=O)N[C@@H](C)C(=O)N[C@@H](C)C(=O)OC)cc1Cc1cc(C(=O)N[C@@H](C)C(=O)N[C@@H](C)C(=O)OC)cc(c1OCCC)Cc1cc(C(=O)N[C@@H](C)C(=O)N[C@@H](C)C(=O)OC)cc(c1OCCC)Cc1cc(C(=O)N[C@@H](C)C(=O)N[C@@H](C)C(=O)OC)cc(c1OCCC)C2. The van der Waals surface area contributed by atoms with Crippen molar-refractivity contribution in [2.45, 2.75) is 183 Å². The van der Waals surface area contributed by atoms with E-state index < -0.39 is 119 Å². The van der Waals surface area contributed by atoms with E-state index in [1.54, 1.807) is 48.5 Å². The van der Waals surface area contributed by atoms with Crippen LogP contribution in [0.4, 0.5) is 0 Å². The molecule has 100 heavy (non-hydrogen) atoms. The molecule has 28 heteroatoms. The van der Waals surface area contributed by atoms with Crippen LogP contribution in [0.15, 0.2) is 48.5 Å². The average Bonchev–Trinajstić information content (AvgIpc) is 0.774. The van der Waals surface area contributed by atoms with E-state index in [0.717, 1.165) is 0 Å². The molecule has 8 amide bonds. The van der Waals surface area contributed by atoms with Crippen molar-refractivity contribution >= 4 is 71.1 Å². The van der Waals surface area contributed by atoms with Crippen LogP contribution in [0.25, 0.3) is 0 Å². The Morgan fingerprint density at radius 1 is 0.280 bits per heavy atom. The highest BCUT2D eigenvalue weighted by molar-refractivity contribution is 6.02. The second-order valence-electron chi connectivity index (χ2n) is 24.4. The van der Waals surface area contributed by atoms with Crippen molar-refractivity contribution in [1.29, 1.82) is 0 Å². The second-order valence-corrected chi connectivity index (χ2v) is 24.4. The van der Waals surface area contributed by atoms with Crippen molar-refractivity contribution < 1.29 is 95.4 Å². The number of esters is 4. The normalized spacial score (nSPS) is 13.9. The maximum atomic E-state index is 15.0. The lowest BCUT2D eigenvalue weighted by molar-refractivity contribution is -0.145. The van der Waals surface area contributed by atoms with Gasteiger partial charge >= 0.3 is 23.9 Å². The first-order valence-corrected chi connectivity index (χ1v) is 33.4. The van der Waals surface area contributed by atoms with Crippen molar-refractivity contribution in [3.05, 3.63) is 115 Å². The molecular formula is C72H96N8O20. The van der Waals surface area contributed by atoms with Gasteiger partial charge in [-0.05, 0) is 174 Å². The van der Waals surface area contributed by atoms with E-state index in [2.05, 4.69) is 42.5 Å². The Morgan fingerprint density at radius 3 is 0.580 bits per heavy atom. The summed E-state index contributed by atoms with van der Waals surface area (Å²) in [4.78, 5) is 164. The van der Waals surface area contributed by atoms with E-state index in [9.17, 15) is 57.5 Å².